The summed E-state index contributed by atoms with van der Waals surface area (Å²) in [5.74, 6) is 0.914. The first kappa shape index (κ1) is 16.7. The molecule has 102 valence electrons. The quantitative estimate of drug-likeness (QED) is 0.614. The van der Waals surface area contributed by atoms with E-state index in [0.29, 0.717) is 6.54 Å². The SMILES string of the molecule is CCCN(CC)CCNC(=O)[C@@H](N)CCSC. The molecule has 0 bridgehead atoms. The summed E-state index contributed by atoms with van der Waals surface area (Å²) >= 11 is 1.72. The zero-order chi connectivity index (χ0) is 13.1. The Hall–Kier alpha value is -0.260. The second-order valence-electron chi connectivity index (χ2n) is 4.11. The van der Waals surface area contributed by atoms with Gasteiger partial charge in [-0.15, -0.1) is 0 Å². The fourth-order valence-electron chi connectivity index (χ4n) is 1.59. The van der Waals surface area contributed by atoms with Crippen molar-refractivity contribution in [3.05, 3.63) is 0 Å². The third-order valence-electron chi connectivity index (χ3n) is 2.68. The minimum absolute atomic E-state index is 0.0217. The second-order valence-corrected chi connectivity index (χ2v) is 5.10. The van der Waals surface area contributed by atoms with Crippen molar-refractivity contribution in [1.82, 2.24) is 10.2 Å². The van der Waals surface area contributed by atoms with Crippen molar-refractivity contribution in [1.29, 1.82) is 0 Å². The summed E-state index contributed by atoms with van der Waals surface area (Å²) in [6.07, 6.45) is 3.92. The number of hydrogen-bond acceptors (Lipinski definition) is 4. The van der Waals surface area contributed by atoms with E-state index in [1.165, 1.54) is 0 Å². The molecule has 17 heavy (non-hydrogen) atoms. The Bertz CT molecular complexity index is 202. The smallest absolute Gasteiger partial charge is 0.236 e. The number of thioether (sulfide) groups is 1. The van der Waals surface area contributed by atoms with Gasteiger partial charge in [0.1, 0.15) is 0 Å². The first-order chi connectivity index (χ1) is 8.15. The summed E-state index contributed by atoms with van der Waals surface area (Å²) < 4.78 is 0. The van der Waals surface area contributed by atoms with E-state index < -0.39 is 0 Å². The number of likely N-dealkylation sites (N-methyl/N-ethyl adjacent to an activating group) is 1. The van der Waals surface area contributed by atoms with Crippen LogP contribution in [0.1, 0.15) is 26.7 Å². The second kappa shape index (κ2) is 10.9. The molecule has 0 rings (SSSR count). The van der Waals surface area contributed by atoms with Crippen molar-refractivity contribution in [2.45, 2.75) is 32.7 Å². The highest BCUT2D eigenvalue weighted by Gasteiger charge is 2.12. The van der Waals surface area contributed by atoms with E-state index in [2.05, 4.69) is 24.1 Å². The lowest BCUT2D eigenvalue weighted by atomic mass is 10.2. The molecule has 0 saturated carbocycles. The Morgan fingerprint density at radius 3 is 2.65 bits per heavy atom. The molecule has 1 amide bonds. The highest BCUT2D eigenvalue weighted by Crippen LogP contribution is 1.98. The minimum Gasteiger partial charge on any atom is -0.353 e. The van der Waals surface area contributed by atoms with Gasteiger partial charge in [0, 0.05) is 13.1 Å². The molecule has 0 saturated heterocycles. The van der Waals surface area contributed by atoms with E-state index in [-0.39, 0.29) is 11.9 Å². The number of nitrogens with two attached hydrogens (primary N) is 1. The normalized spacial score (nSPS) is 12.8. The van der Waals surface area contributed by atoms with Crippen LogP contribution in [0.2, 0.25) is 0 Å². The molecule has 3 N–H and O–H groups in total. The Kier molecular flexibility index (Phi) is 10.7. The first-order valence-corrected chi connectivity index (χ1v) is 7.79. The summed E-state index contributed by atoms with van der Waals surface area (Å²) in [6, 6.07) is -0.358. The Balaban J connectivity index is 3.68. The lowest BCUT2D eigenvalue weighted by molar-refractivity contribution is -0.122. The van der Waals surface area contributed by atoms with Gasteiger partial charge in [-0.25, -0.2) is 0 Å². The van der Waals surface area contributed by atoms with Gasteiger partial charge in [0.2, 0.25) is 5.91 Å². The zero-order valence-electron chi connectivity index (χ0n) is 11.4. The monoisotopic (exact) mass is 261 g/mol. The third kappa shape index (κ3) is 8.46. The molecule has 0 fully saturated rings. The van der Waals surface area contributed by atoms with Crippen LogP contribution < -0.4 is 11.1 Å². The van der Waals surface area contributed by atoms with Crippen LogP contribution in [0.5, 0.6) is 0 Å². The third-order valence-corrected chi connectivity index (χ3v) is 3.33. The van der Waals surface area contributed by atoms with E-state index in [4.69, 9.17) is 5.73 Å². The lowest BCUT2D eigenvalue weighted by Crippen LogP contribution is -2.44. The van der Waals surface area contributed by atoms with Gasteiger partial charge >= 0.3 is 0 Å². The van der Waals surface area contributed by atoms with Crippen LogP contribution in [-0.4, -0.2) is 55.0 Å². The highest BCUT2D eigenvalue weighted by molar-refractivity contribution is 7.98. The van der Waals surface area contributed by atoms with Crippen LogP contribution in [0.3, 0.4) is 0 Å². The Morgan fingerprint density at radius 2 is 2.12 bits per heavy atom. The predicted octanol–water partition coefficient (Wildman–Crippen LogP) is 0.915. The van der Waals surface area contributed by atoms with Crippen LogP contribution in [-0.2, 0) is 4.79 Å². The fourth-order valence-corrected chi connectivity index (χ4v) is 2.08. The molecule has 0 aliphatic heterocycles. The maximum Gasteiger partial charge on any atom is 0.236 e. The average Bonchev–Trinajstić information content (AvgIpc) is 2.34. The van der Waals surface area contributed by atoms with Gasteiger partial charge in [-0.3, -0.25) is 4.79 Å². The largest absolute Gasteiger partial charge is 0.353 e. The molecule has 0 spiro atoms. The van der Waals surface area contributed by atoms with Crippen LogP contribution in [0.15, 0.2) is 0 Å². The number of nitrogens with zero attached hydrogens (tertiary/aromatic N) is 1. The van der Waals surface area contributed by atoms with Gasteiger partial charge in [0.25, 0.3) is 0 Å². The number of carbonyl (C=O) groups is 1. The molecule has 0 heterocycles. The van der Waals surface area contributed by atoms with Gasteiger partial charge in [0.15, 0.2) is 0 Å². The molecule has 0 aliphatic rings. The van der Waals surface area contributed by atoms with Crippen molar-refractivity contribution >= 4 is 17.7 Å². The minimum atomic E-state index is -0.358. The zero-order valence-corrected chi connectivity index (χ0v) is 12.2. The first-order valence-electron chi connectivity index (χ1n) is 6.40. The molecule has 5 heteroatoms. The lowest BCUT2D eigenvalue weighted by Gasteiger charge is -2.20. The number of amides is 1. The topological polar surface area (TPSA) is 58.4 Å². The maximum absolute atomic E-state index is 11.6. The highest BCUT2D eigenvalue weighted by atomic mass is 32.2. The summed E-state index contributed by atoms with van der Waals surface area (Å²) in [5.41, 5.74) is 5.77. The fraction of sp³-hybridized carbons (Fsp3) is 0.917. The molecular weight excluding hydrogens is 234 g/mol. The standard InChI is InChI=1S/C12H27N3OS/c1-4-8-15(5-2)9-7-14-12(16)11(13)6-10-17-3/h11H,4-10,13H2,1-3H3,(H,14,16)/t11-/m0/s1. The van der Waals surface area contributed by atoms with E-state index in [1.807, 2.05) is 6.26 Å². The summed E-state index contributed by atoms with van der Waals surface area (Å²) in [4.78, 5) is 13.9. The van der Waals surface area contributed by atoms with E-state index >= 15 is 0 Å². The molecule has 4 nitrogen and oxygen atoms in total. The molecule has 0 unspecified atom stereocenters. The molecule has 0 aromatic heterocycles. The number of rotatable bonds is 10. The van der Waals surface area contributed by atoms with Crippen molar-refractivity contribution in [3.63, 3.8) is 0 Å². The van der Waals surface area contributed by atoms with Crippen molar-refractivity contribution in [2.24, 2.45) is 5.73 Å². The van der Waals surface area contributed by atoms with Crippen LogP contribution >= 0.6 is 11.8 Å². The summed E-state index contributed by atoms with van der Waals surface area (Å²) in [7, 11) is 0. The summed E-state index contributed by atoms with van der Waals surface area (Å²) in [5, 5.41) is 2.90. The van der Waals surface area contributed by atoms with Crippen LogP contribution in [0.25, 0.3) is 0 Å². The van der Waals surface area contributed by atoms with Crippen molar-refractivity contribution in [2.75, 3.05) is 38.2 Å². The van der Waals surface area contributed by atoms with Gasteiger partial charge in [0.05, 0.1) is 6.04 Å². The van der Waals surface area contributed by atoms with Gasteiger partial charge in [-0.05, 0) is 37.9 Å². The number of nitrogens with one attached hydrogen (secondary N) is 1. The van der Waals surface area contributed by atoms with Gasteiger partial charge in [-0.1, -0.05) is 13.8 Å². The molecule has 0 radical (unpaired) electrons. The van der Waals surface area contributed by atoms with Crippen LogP contribution in [0, 0.1) is 0 Å². The Labute approximate surface area is 110 Å². The van der Waals surface area contributed by atoms with E-state index in [0.717, 1.165) is 38.2 Å². The average molecular weight is 261 g/mol. The van der Waals surface area contributed by atoms with E-state index in [1.54, 1.807) is 11.8 Å². The van der Waals surface area contributed by atoms with E-state index in [9.17, 15) is 4.79 Å². The van der Waals surface area contributed by atoms with Crippen LogP contribution in [0.4, 0.5) is 0 Å². The van der Waals surface area contributed by atoms with Gasteiger partial charge in [-0.2, -0.15) is 11.8 Å². The predicted molar refractivity (Wildman–Crippen MR) is 76.4 cm³/mol. The molecule has 0 aromatic carbocycles. The van der Waals surface area contributed by atoms with Gasteiger partial charge < -0.3 is 16.0 Å². The number of carbonyl (C=O) groups excluding carboxylic acids is 1. The van der Waals surface area contributed by atoms with Crippen molar-refractivity contribution < 1.29 is 4.79 Å². The maximum atomic E-state index is 11.6. The number of hydrogen-bond donors (Lipinski definition) is 2. The Morgan fingerprint density at radius 1 is 1.41 bits per heavy atom. The molecule has 0 aliphatic carbocycles. The molecule has 0 aromatic rings. The summed E-state index contributed by atoms with van der Waals surface area (Å²) in [6.45, 7) is 8.03. The van der Waals surface area contributed by atoms with Crippen molar-refractivity contribution in [3.8, 4) is 0 Å². The molecular formula is C12H27N3OS. The molecule has 1 atom stereocenters.